The molecule has 0 aliphatic carbocycles. The minimum atomic E-state index is -3.63. The van der Waals surface area contributed by atoms with Crippen molar-refractivity contribution < 1.29 is 13.2 Å². The third kappa shape index (κ3) is 4.28. The van der Waals surface area contributed by atoms with E-state index in [-0.39, 0.29) is 16.6 Å². The Kier molecular flexibility index (Phi) is 4.42. The average molecular weight is 255 g/mol. The summed E-state index contributed by atoms with van der Waals surface area (Å²) in [5.74, 6) is 0.249. The monoisotopic (exact) mass is 255 g/mol. The lowest BCUT2D eigenvalue weighted by molar-refractivity contribution is -0.121. The van der Waals surface area contributed by atoms with E-state index in [1.807, 2.05) is 13.8 Å². The van der Waals surface area contributed by atoms with E-state index in [0.717, 1.165) is 5.56 Å². The van der Waals surface area contributed by atoms with Gasteiger partial charge in [-0.15, -0.1) is 0 Å². The van der Waals surface area contributed by atoms with Gasteiger partial charge in [-0.1, -0.05) is 26.0 Å². The number of nitrogens with two attached hydrogens (primary N) is 1. The van der Waals surface area contributed by atoms with Crippen LogP contribution in [-0.2, 0) is 21.2 Å². The summed E-state index contributed by atoms with van der Waals surface area (Å²) >= 11 is 0. The minimum absolute atomic E-state index is 0.0405. The van der Waals surface area contributed by atoms with Gasteiger partial charge in [0.25, 0.3) is 0 Å². The van der Waals surface area contributed by atoms with E-state index in [1.54, 1.807) is 12.1 Å². The fraction of sp³-hybridized carbons (Fsp3) is 0.417. The third-order valence-electron chi connectivity index (χ3n) is 2.56. The molecule has 17 heavy (non-hydrogen) atoms. The molecule has 1 aromatic carbocycles. The Labute approximate surface area is 102 Å². The van der Waals surface area contributed by atoms with Crippen LogP contribution in [0.2, 0.25) is 0 Å². The van der Waals surface area contributed by atoms with E-state index in [9.17, 15) is 13.2 Å². The number of carbonyl (C=O) groups excluding carboxylic acids is 1. The number of benzene rings is 1. The zero-order chi connectivity index (χ0) is 13.1. The highest BCUT2D eigenvalue weighted by atomic mass is 32.2. The van der Waals surface area contributed by atoms with E-state index >= 15 is 0 Å². The highest BCUT2D eigenvalue weighted by Gasteiger charge is 2.09. The van der Waals surface area contributed by atoms with Crippen LogP contribution in [0.3, 0.4) is 0 Å². The first-order valence-corrected chi connectivity index (χ1v) is 7.00. The molecule has 0 spiro atoms. The molecule has 0 radical (unpaired) electrons. The Morgan fingerprint density at radius 2 is 1.76 bits per heavy atom. The van der Waals surface area contributed by atoms with Crippen molar-refractivity contribution in [2.24, 2.45) is 11.1 Å². The van der Waals surface area contributed by atoms with Gasteiger partial charge in [-0.05, 0) is 24.1 Å². The van der Waals surface area contributed by atoms with Crippen molar-refractivity contribution >= 4 is 15.8 Å². The maximum Gasteiger partial charge on any atom is 0.238 e. The van der Waals surface area contributed by atoms with Crippen LogP contribution in [0, 0.1) is 5.92 Å². The molecule has 0 unspecified atom stereocenters. The Balaban J connectivity index is 2.67. The summed E-state index contributed by atoms with van der Waals surface area (Å²) in [6, 6.07) is 6.30. The molecule has 1 aromatic rings. The number of hydrogen-bond donors (Lipinski definition) is 1. The van der Waals surface area contributed by atoms with Gasteiger partial charge in [-0.25, -0.2) is 13.6 Å². The van der Waals surface area contributed by atoms with Gasteiger partial charge >= 0.3 is 0 Å². The lowest BCUT2D eigenvalue weighted by Gasteiger charge is -2.05. The third-order valence-corrected chi connectivity index (χ3v) is 3.49. The highest BCUT2D eigenvalue weighted by Crippen LogP contribution is 2.11. The first-order valence-electron chi connectivity index (χ1n) is 5.45. The molecule has 0 aromatic heterocycles. The second kappa shape index (κ2) is 5.42. The number of ketones is 1. The van der Waals surface area contributed by atoms with Crippen LogP contribution < -0.4 is 5.14 Å². The zero-order valence-electron chi connectivity index (χ0n) is 10.0. The van der Waals surface area contributed by atoms with Crippen molar-refractivity contribution in [3.63, 3.8) is 0 Å². The van der Waals surface area contributed by atoms with E-state index in [0.29, 0.717) is 12.8 Å². The van der Waals surface area contributed by atoms with Crippen LogP contribution in [0.1, 0.15) is 25.8 Å². The van der Waals surface area contributed by atoms with Gasteiger partial charge in [0, 0.05) is 12.3 Å². The summed E-state index contributed by atoms with van der Waals surface area (Å²) in [5, 5.41) is 4.99. The van der Waals surface area contributed by atoms with E-state index in [4.69, 9.17) is 5.14 Å². The molecule has 5 heteroatoms. The zero-order valence-corrected chi connectivity index (χ0v) is 10.8. The van der Waals surface area contributed by atoms with Crippen molar-refractivity contribution in [3.05, 3.63) is 29.8 Å². The smallest absolute Gasteiger partial charge is 0.238 e. The summed E-state index contributed by atoms with van der Waals surface area (Å²) < 4.78 is 22.0. The van der Waals surface area contributed by atoms with Gasteiger partial charge in [0.2, 0.25) is 10.0 Å². The maximum absolute atomic E-state index is 11.4. The lowest BCUT2D eigenvalue weighted by Crippen LogP contribution is -2.12. The van der Waals surface area contributed by atoms with Crippen molar-refractivity contribution in [1.82, 2.24) is 0 Å². The summed E-state index contributed by atoms with van der Waals surface area (Å²) in [4.78, 5) is 11.5. The Morgan fingerprint density at radius 1 is 1.24 bits per heavy atom. The van der Waals surface area contributed by atoms with Crippen LogP contribution in [0.5, 0.6) is 0 Å². The molecule has 94 valence electrons. The second-order valence-electron chi connectivity index (χ2n) is 4.31. The van der Waals surface area contributed by atoms with Crippen LogP contribution in [0.4, 0.5) is 0 Å². The van der Waals surface area contributed by atoms with Crippen LogP contribution in [0.15, 0.2) is 29.2 Å². The number of aryl methyl sites for hydroxylation is 1. The van der Waals surface area contributed by atoms with Crippen LogP contribution >= 0.6 is 0 Å². The summed E-state index contributed by atoms with van der Waals surface area (Å²) in [7, 11) is -3.63. The molecular weight excluding hydrogens is 238 g/mol. The largest absolute Gasteiger partial charge is 0.299 e. The standard InChI is InChI=1S/C12H17NO3S/c1-9(2)12(14)8-5-10-3-6-11(7-4-10)17(13,15)16/h3-4,6-7,9H,5,8H2,1-2H3,(H2,13,15,16). The van der Waals surface area contributed by atoms with E-state index < -0.39 is 10.0 Å². The highest BCUT2D eigenvalue weighted by molar-refractivity contribution is 7.89. The number of rotatable bonds is 5. The SMILES string of the molecule is CC(C)C(=O)CCc1ccc(S(N)(=O)=O)cc1. The number of hydrogen-bond acceptors (Lipinski definition) is 3. The molecule has 4 nitrogen and oxygen atoms in total. The molecule has 2 N–H and O–H groups in total. The van der Waals surface area contributed by atoms with E-state index in [1.165, 1.54) is 12.1 Å². The molecule has 0 heterocycles. The summed E-state index contributed by atoms with van der Waals surface area (Å²) in [6.07, 6.45) is 1.11. The fourth-order valence-corrected chi connectivity index (χ4v) is 1.92. The van der Waals surface area contributed by atoms with Crippen molar-refractivity contribution in [1.29, 1.82) is 0 Å². The minimum Gasteiger partial charge on any atom is -0.299 e. The van der Waals surface area contributed by atoms with Gasteiger partial charge in [0.1, 0.15) is 5.78 Å². The summed E-state index contributed by atoms with van der Waals surface area (Å²) in [5.41, 5.74) is 0.936. The van der Waals surface area contributed by atoms with Gasteiger partial charge in [-0.2, -0.15) is 0 Å². The molecular formula is C12H17NO3S. The number of carbonyl (C=O) groups is 1. The molecule has 1 rings (SSSR count). The van der Waals surface area contributed by atoms with Crippen molar-refractivity contribution in [3.8, 4) is 0 Å². The van der Waals surface area contributed by atoms with Crippen molar-refractivity contribution in [2.75, 3.05) is 0 Å². The average Bonchev–Trinajstić information content (AvgIpc) is 2.25. The lowest BCUT2D eigenvalue weighted by atomic mass is 10.0. The normalized spacial score (nSPS) is 11.8. The molecule has 0 saturated heterocycles. The Morgan fingerprint density at radius 3 is 2.18 bits per heavy atom. The van der Waals surface area contributed by atoms with Gasteiger partial charge in [-0.3, -0.25) is 4.79 Å². The van der Waals surface area contributed by atoms with Crippen molar-refractivity contribution in [2.45, 2.75) is 31.6 Å². The molecule has 0 aliphatic heterocycles. The van der Waals surface area contributed by atoms with Crippen LogP contribution in [0.25, 0.3) is 0 Å². The maximum atomic E-state index is 11.4. The van der Waals surface area contributed by atoms with Crippen LogP contribution in [-0.4, -0.2) is 14.2 Å². The molecule has 0 aliphatic rings. The van der Waals surface area contributed by atoms with E-state index in [2.05, 4.69) is 0 Å². The molecule has 0 bridgehead atoms. The first kappa shape index (κ1) is 13.9. The topological polar surface area (TPSA) is 77.2 Å². The summed E-state index contributed by atoms with van der Waals surface area (Å²) in [6.45, 7) is 3.73. The predicted molar refractivity (Wildman–Crippen MR) is 66.0 cm³/mol. The van der Waals surface area contributed by atoms with Gasteiger partial charge in [0.05, 0.1) is 4.90 Å². The second-order valence-corrected chi connectivity index (χ2v) is 5.87. The predicted octanol–water partition coefficient (Wildman–Crippen LogP) is 1.49. The Hall–Kier alpha value is -1.20. The number of sulfonamides is 1. The number of primary sulfonamides is 1. The van der Waals surface area contributed by atoms with Gasteiger partial charge < -0.3 is 0 Å². The van der Waals surface area contributed by atoms with Gasteiger partial charge in [0.15, 0.2) is 0 Å². The Bertz CT molecular complexity index is 489. The first-order chi connectivity index (χ1) is 7.80. The molecule has 0 atom stereocenters. The molecule has 0 saturated carbocycles. The molecule has 0 fully saturated rings. The molecule has 0 amide bonds. The fourth-order valence-electron chi connectivity index (χ4n) is 1.40. The quantitative estimate of drug-likeness (QED) is 0.866. The number of Topliss-reactive ketones (excluding diaryl/α,β-unsaturated/α-hetero) is 1.